The number of amides is 1. The second-order valence-corrected chi connectivity index (χ2v) is 7.69. The summed E-state index contributed by atoms with van der Waals surface area (Å²) < 4.78 is 23.3. The van der Waals surface area contributed by atoms with Crippen molar-refractivity contribution in [1.82, 2.24) is 4.90 Å². The number of anilines is 1. The monoisotopic (exact) mass is 310 g/mol. The van der Waals surface area contributed by atoms with Crippen LogP contribution in [-0.4, -0.2) is 44.6 Å². The Hall–Kier alpha value is -1.56. The molecule has 1 aliphatic heterocycles. The summed E-state index contributed by atoms with van der Waals surface area (Å²) in [6.07, 6.45) is 2.97. The van der Waals surface area contributed by atoms with Crippen LogP contribution in [0.5, 0.6) is 0 Å². The van der Waals surface area contributed by atoms with Crippen LogP contribution in [0.2, 0.25) is 0 Å². The number of nitrogens with one attached hydrogen (secondary N) is 1. The highest BCUT2D eigenvalue weighted by molar-refractivity contribution is 7.90. The number of carbonyl (C=O) groups excluding carboxylic acids is 1. The number of hydrogen-bond acceptors (Lipinski definition) is 4. The minimum Gasteiger partial charge on any atom is -0.382 e. The van der Waals surface area contributed by atoms with Gasteiger partial charge in [-0.05, 0) is 37.5 Å². The van der Waals surface area contributed by atoms with Crippen LogP contribution in [-0.2, 0) is 14.6 Å². The van der Waals surface area contributed by atoms with Gasteiger partial charge in [-0.15, -0.1) is 0 Å². The van der Waals surface area contributed by atoms with Gasteiger partial charge in [-0.1, -0.05) is 6.07 Å². The average molecular weight is 310 g/mol. The SMILES string of the molecule is CC(=O)N1CCC(Nc2cc(S(C)(=O)=O)ccc2C)CC1. The summed E-state index contributed by atoms with van der Waals surface area (Å²) in [5.74, 6) is 0.115. The molecule has 0 spiro atoms. The Labute approximate surface area is 126 Å². The summed E-state index contributed by atoms with van der Waals surface area (Å²) in [7, 11) is -3.20. The number of nitrogens with zero attached hydrogens (tertiary/aromatic N) is 1. The highest BCUT2D eigenvalue weighted by Crippen LogP contribution is 2.23. The molecule has 0 bridgehead atoms. The second kappa shape index (κ2) is 6.05. The van der Waals surface area contributed by atoms with Gasteiger partial charge in [0, 0.05) is 38.0 Å². The van der Waals surface area contributed by atoms with Crippen molar-refractivity contribution >= 4 is 21.4 Å². The van der Waals surface area contributed by atoms with Crippen molar-refractivity contribution in [3.63, 3.8) is 0 Å². The van der Waals surface area contributed by atoms with Crippen LogP contribution in [0.15, 0.2) is 23.1 Å². The number of benzene rings is 1. The van der Waals surface area contributed by atoms with Crippen LogP contribution < -0.4 is 5.32 Å². The third-order valence-corrected chi connectivity index (χ3v) is 5.05. The molecule has 0 atom stereocenters. The fourth-order valence-corrected chi connectivity index (χ4v) is 3.19. The third kappa shape index (κ3) is 3.97. The maximum atomic E-state index is 11.6. The Morgan fingerprint density at radius 2 is 1.90 bits per heavy atom. The van der Waals surface area contributed by atoms with Crippen molar-refractivity contribution < 1.29 is 13.2 Å². The van der Waals surface area contributed by atoms with Crippen molar-refractivity contribution in [1.29, 1.82) is 0 Å². The fourth-order valence-electron chi connectivity index (χ4n) is 2.55. The van der Waals surface area contributed by atoms with Crippen LogP contribution in [0.3, 0.4) is 0 Å². The lowest BCUT2D eigenvalue weighted by Crippen LogP contribution is -2.41. The molecule has 0 saturated carbocycles. The van der Waals surface area contributed by atoms with Crippen molar-refractivity contribution in [2.45, 2.75) is 37.6 Å². The molecule has 1 aromatic rings. The van der Waals surface area contributed by atoms with Crippen molar-refractivity contribution in [3.05, 3.63) is 23.8 Å². The molecule has 2 rings (SSSR count). The van der Waals surface area contributed by atoms with Gasteiger partial charge >= 0.3 is 0 Å². The minimum absolute atomic E-state index is 0.115. The minimum atomic E-state index is -3.20. The van der Waals surface area contributed by atoms with E-state index in [0.29, 0.717) is 4.90 Å². The molecule has 1 aliphatic rings. The Kier molecular flexibility index (Phi) is 4.56. The molecular weight excluding hydrogens is 288 g/mol. The van der Waals surface area contributed by atoms with E-state index in [1.54, 1.807) is 19.1 Å². The van der Waals surface area contributed by atoms with E-state index in [2.05, 4.69) is 5.32 Å². The Morgan fingerprint density at radius 1 is 1.29 bits per heavy atom. The van der Waals surface area contributed by atoms with Crippen molar-refractivity contribution in [2.75, 3.05) is 24.7 Å². The van der Waals surface area contributed by atoms with E-state index in [1.165, 1.54) is 6.26 Å². The van der Waals surface area contributed by atoms with Gasteiger partial charge in [0.25, 0.3) is 0 Å². The van der Waals surface area contributed by atoms with Gasteiger partial charge in [0.15, 0.2) is 9.84 Å². The van der Waals surface area contributed by atoms with Gasteiger partial charge < -0.3 is 10.2 Å². The second-order valence-electron chi connectivity index (χ2n) is 5.67. The number of sulfone groups is 1. The number of rotatable bonds is 3. The molecule has 21 heavy (non-hydrogen) atoms. The normalized spacial score (nSPS) is 16.8. The molecule has 1 heterocycles. The van der Waals surface area contributed by atoms with E-state index in [4.69, 9.17) is 0 Å². The molecular formula is C15H22N2O3S. The fraction of sp³-hybridized carbons (Fsp3) is 0.533. The predicted octanol–water partition coefficient (Wildman–Crippen LogP) is 1.82. The number of aryl methyl sites for hydroxylation is 1. The molecule has 0 radical (unpaired) electrons. The van der Waals surface area contributed by atoms with E-state index in [9.17, 15) is 13.2 Å². The smallest absolute Gasteiger partial charge is 0.219 e. The molecule has 116 valence electrons. The molecule has 0 aliphatic carbocycles. The van der Waals surface area contributed by atoms with Crippen LogP contribution in [0.25, 0.3) is 0 Å². The first-order valence-corrected chi connectivity index (χ1v) is 8.99. The highest BCUT2D eigenvalue weighted by atomic mass is 32.2. The number of likely N-dealkylation sites (tertiary alicyclic amines) is 1. The van der Waals surface area contributed by atoms with Gasteiger partial charge in [-0.3, -0.25) is 4.79 Å². The van der Waals surface area contributed by atoms with Crippen molar-refractivity contribution in [3.8, 4) is 0 Å². The van der Waals surface area contributed by atoms with Crippen LogP contribution >= 0.6 is 0 Å². The summed E-state index contributed by atoms with van der Waals surface area (Å²) in [5.41, 5.74) is 1.88. The van der Waals surface area contributed by atoms with Crippen LogP contribution in [0, 0.1) is 6.92 Å². The summed E-state index contributed by atoms with van der Waals surface area (Å²) in [5, 5.41) is 3.42. The molecule has 0 unspecified atom stereocenters. The first-order valence-electron chi connectivity index (χ1n) is 7.10. The van der Waals surface area contributed by atoms with Gasteiger partial charge in [-0.25, -0.2) is 8.42 Å². The highest BCUT2D eigenvalue weighted by Gasteiger charge is 2.21. The lowest BCUT2D eigenvalue weighted by atomic mass is 10.0. The quantitative estimate of drug-likeness (QED) is 0.925. The van der Waals surface area contributed by atoms with Crippen LogP contribution in [0.4, 0.5) is 5.69 Å². The van der Waals surface area contributed by atoms with Gasteiger partial charge in [0.2, 0.25) is 5.91 Å². The zero-order valence-electron chi connectivity index (χ0n) is 12.7. The molecule has 0 aromatic heterocycles. The first kappa shape index (κ1) is 15.8. The first-order chi connectivity index (χ1) is 9.77. The number of carbonyl (C=O) groups is 1. The van der Waals surface area contributed by atoms with E-state index >= 15 is 0 Å². The molecule has 1 N–H and O–H groups in total. The van der Waals surface area contributed by atoms with Crippen LogP contribution in [0.1, 0.15) is 25.3 Å². The Morgan fingerprint density at radius 3 is 2.43 bits per heavy atom. The summed E-state index contributed by atoms with van der Waals surface area (Å²) in [6, 6.07) is 5.42. The molecule has 5 nitrogen and oxygen atoms in total. The average Bonchev–Trinajstić information content (AvgIpc) is 2.40. The maximum Gasteiger partial charge on any atom is 0.219 e. The summed E-state index contributed by atoms with van der Waals surface area (Å²) in [4.78, 5) is 13.5. The Bertz CT molecular complexity index is 632. The number of piperidine rings is 1. The number of hydrogen-bond donors (Lipinski definition) is 1. The topological polar surface area (TPSA) is 66.5 Å². The summed E-state index contributed by atoms with van der Waals surface area (Å²) >= 11 is 0. The van der Waals surface area contributed by atoms with Crippen molar-refractivity contribution in [2.24, 2.45) is 0 Å². The third-order valence-electron chi connectivity index (χ3n) is 3.94. The molecule has 1 aromatic carbocycles. The van der Waals surface area contributed by atoms with E-state index in [0.717, 1.165) is 37.2 Å². The molecule has 1 fully saturated rings. The largest absolute Gasteiger partial charge is 0.382 e. The zero-order chi connectivity index (χ0) is 15.6. The standard InChI is InChI=1S/C15H22N2O3S/c1-11-4-5-14(21(3,19)20)10-15(11)16-13-6-8-17(9-7-13)12(2)18/h4-5,10,13,16H,6-9H2,1-3H3. The Balaban J connectivity index is 2.09. The van der Waals surface area contributed by atoms with E-state index in [1.807, 2.05) is 17.9 Å². The maximum absolute atomic E-state index is 11.6. The summed E-state index contributed by atoms with van der Waals surface area (Å²) in [6.45, 7) is 5.04. The lowest BCUT2D eigenvalue weighted by Gasteiger charge is -2.32. The van der Waals surface area contributed by atoms with Gasteiger partial charge in [0.1, 0.15) is 0 Å². The predicted molar refractivity (Wildman–Crippen MR) is 83.2 cm³/mol. The zero-order valence-corrected chi connectivity index (χ0v) is 13.5. The van der Waals surface area contributed by atoms with E-state index < -0.39 is 9.84 Å². The lowest BCUT2D eigenvalue weighted by molar-refractivity contribution is -0.129. The molecule has 1 saturated heterocycles. The molecule has 1 amide bonds. The van der Waals surface area contributed by atoms with Gasteiger partial charge in [0.05, 0.1) is 4.90 Å². The molecule has 6 heteroatoms. The van der Waals surface area contributed by atoms with Gasteiger partial charge in [-0.2, -0.15) is 0 Å². The van der Waals surface area contributed by atoms with E-state index in [-0.39, 0.29) is 11.9 Å².